The van der Waals surface area contributed by atoms with E-state index in [9.17, 15) is 9.50 Å². The molecule has 1 aromatic carbocycles. The highest BCUT2D eigenvalue weighted by Crippen LogP contribution is 2.42. The fraction of sp³-hybridized carbons (Fsp3) is 0.316. The van der Waals surface area contributed by atoms with E-state index in [-0.39, 0.29) is 18.5 Å². The average molecular weight is 437 g/mol. The van der Waals surface area contributed by atoms with Gasteiger partial charge in [-0.15, -0.1) is 11.3 Å². The smallest absolute Gasteiger partial charge is 0.142 e. The van der Waals surface area contributed by atoms with Crippen LogP contribution in [0.25, 0.3) is 21.3 Å². The maximum Gasteiger partial charge on any atom is 0.142 e. The van der Waals surface area contributed by atoms with Gasteiger partial charge in [-0.3, -0.25) is 4.98 Å². The second-order valence-corrected chi connectivity index (χ2v) is 8.29. The summed E-state index contributed by atoms with van der Waals surface area (Å²) in [5.41, 5.74) is 2.35. The van der Waals surface area contributed by atoms with Crippen LogP contribution in [0.15, 0.2) is 34.9 Å². The Hall–Kier alpha value is -1.54. The fourth-order valence-corrected chi connectivity index (χ4v) is 4.77. The number of aromatic nitrogens is 1. The normalized spacial score (nSPS) is 17.6. The lowest BCUT2D eigenvalue weighted by molar-refractivity contribution is 0.166. The van der Waals surface area contributed by atoms with Crippen molar-refractivity contribution >= 4 is 37.5 Å². The average Bonchev–Trinajstić information content (AvgIpc) is 3.08. The van der Waals surface area contributed by atoms with Crippen LogP contribution in [0.1, 0.15) is 17.7 Å². The second kappa shape index (κ2) is 7.60. The molecule has 1 atom stereocenters. The molecular weight excluding hydrogens is 419 g/mol. The molecule has 3 heterocycles. The molecule has 0 aliphatic carbocycles. The molecule has 0 amide bonds. The molecule has 1 aliphatic rings. The van der Waals surface area contributed by atoms with Gasteiger partial charge in [-0.25, -0.2) is 4.39 Å². The maximum atomic E-state index is 14.2. The van der Waals surface area contributed by atoms with Crippen LogP contribution in [0, 0.1) is 5.82 Å². The number of aliphatic hydroxyl groups excluding tert-OH is 1. The number of thiophene rings is 1. The van der Waals surface area contributed by atoms with Crippen LogP contribution in [-0.4, -0.2) is 29.3 Å². The van der Waals surface area contributed by atoms with Crippen molar-refractivity contribution in [2.45, 2.75) is 25.6 Å². The summed E-state index contributed by atoms with van der Waals surface area (Å²) in [5, 5.41) is 12.8. The van der Waals surface area contributed by atoms with E-state index in [1.165, 1.54) is 23.5 Å². The number of fused-ring (bicyclic) bond motifs is 1. The molecule has 1 aliphatic heterocycles. The Kier molecular flexibility index (Phi) is 5.22. The summed E-state index contributed by atoms with van der Waals surface area (Å²) in [5.74, 6) is 0.316. The standard InChI is InChI=1S/C19H18BrFN2O2S/c20-16-7-11(21)6-15(18(16)25-12-2-1-4-22-9-12)14-3-5-23-17-8-13(10-24)26-19(14)17/h3,5-8,12,22,24H,1-2,4,9-10H2/t12-/m0/s1. The molecule has 3 aromatic rings. The summed E-state index contributed by atoms with van der Waals surface area (Å²) in [7, 11) is 0. The van der Waals surface area contributed by atoms with Gasteiger partial charge in [0.2, 0.25) is 0 Å². The topological polar surface area (TPSA) is 54.4 Å². The molecule has 4 nitrogen and oxygen atoms in total. The van der Waals surface area contributed by atoms with E-state index in [2.05, 4.69) is 26.2 Å². The highest BCUT2D eigenvalue weighted by atomic mass is 79.9. The van der Waals surface area contributed by atoms with E-state index < -0.39 is 0 Å². The number of piperidine rings is 1. The zero-order valence-corrected chi connectivity index (χ0v) is 16.4. The van der Waals surface area contributed by atoms with E-state index in [4.69, 9.17) is 4.74 Å². The van der Waals surface area contributed by atoms with Crippen molar-refractivity contribution in [1.82, 2.24) is 10.3 Å². The number of hydrogen-bond donors (Lipinski definition) is 2. The Labute approximate surface area is 163 Å². The summed E-state index contributed by atoms with van der Waals surface area (Å²) < 4.78 is 22.0. The van der Waals surface area contributed by atoms with Crippen LogP contribution in [-0.2, 0) is 6.61 Å². The molecule has 0 spiro atoms. The number of nitrogens with one attached hydrogen (secondary N) is 1. The van der Waals surface area contributed by atoms with Crippen LogP contribution >= 0.6 is 27.3 Å². The van der Waals surface area contributed by atoms with E-state index in [1.54, 1.807) is 6.20 Å². The summed E-state index contributed by atoms with van der Waals surface area (Å²) in [4.78, 5) is 5.20. The third kappa shape index (κ3) is 3.49. The molecule has 0 saturated carbocycles. The van der Waals surface area contributed by atoms with Crippen molar-refractivity contribution in [2.24, 2.45) is 0 Å². The fourth-order valence-electron chi connectivity index (χ4n) is 3.24. The van der Waals surface area contributed by atoms with Crippen LogP contribution < -0.4 is 10.1 Å². The van der Waals surface area contributed by atoms with Gasteiger partial charge in [-0.2, -0.15) is 0 Å². The SMILES string of the molecule is OCc1cc2nccc(-c3cc(F)cc(Br)c3O[C@H]3CCCNC3)c2s1. The first-order valence-electron chi connectivity index (χ1n) is 8.51. The number of halogens is 2. The van der Waals surface area contributed by atoms with Crippen molar-refractivity contribution in [3.05, 3.63) is 45.6 Å². The molecule has 26 heavy (non-hydrogen) atoms. The lowest BCUT2D eigenvalue weighted by Crippen LogP contribution is -2.37. The number of hydrogen-bond acceptors (Lipinski definition) is 5. The molecule has 0 radical (unpaired) electrons. The van der Waals surface area contributed by atoms with E-state index in [1.807, 2.05) is 12.1 Å². The van der Waals surface area contributed by atoms with Crippen molar-refractivity contribution in [3.8, 4) is 16.9 Å². The molecule has 0 bridgehead atoms. The highest BCUT2D eigenvalue weighted by molar-refractivity contribution is 9.10. The summed E-state index contributed by atoms with van der Waals surface area (Å²) in [6.45, 7) is 1.74. The van der Waals surface area contributed by atoms with E-state index in [0.29, 0.717) is 15.8 Å². The molecular formula is C19H18BrFN2O2S. The van der Waals surface area contributed by atoms with E-state index >= 15 is 0 Å². The predicted octanol–water partition coefficient (Wildman–Crippen LogP) is 4.49. The quantitative estimate of drug-likeness (QED) is 0.632. The second-order valence-electron chi connectivity index (χ2n) is 6.29. The van der Waals surface area contributed by atoms with Crippen LogP contribution in [0.5, 0.6) is 5.75 Å². The number of nitrogens with zero attached hydrogens (tertiary/aromatic N) is 1. The number of benzene rings is 1. The van der Waals surface area contributed by atoms with Crippen LogP contribution in [0.3, 0.4) is 0 Å². The number of aliphatic hydroxyl groups is 1. The summed E-state index contributed by atoms with van der Waals surface area (Å²) in [6, 6.07) is 6.67. The summed E-state index contributed by atoms with van der Waals surface area (Å²) in [6.07, 6.45) is 3.78. The Bertz CT molecular complexity index is 941. The van der Waals surface area contributed by atoms with E-state index in [0.717, 1.165) is 46.6 Å². The number of ether oxygens (including phenoxy) is 1. The van der Waals surface area contributed by atoms with Crippen molar-refractivity contribution < 1.29 is 14.2 Å². The minimum absolute atomic E-state index is 0.0373. The number of pyridine rings is 1. The van der Waals surface area contributed by atoms with Crippen molar-refractivity contribution in [1.29, 1.82) is 0 Å². The molecule has 1 fully saturated rings. The first kappa shape index (κ1) is 17.9. The zero-order chi connectivity index (χ0) is 18.1. The van der Waals surface area contributed by atoms with Gasteiger partial charge in [0, 0.05) is 28.7 Å². The van der Waals surface area contributed by atoms with Gasteiger partial charge in [-0.1, -0.05) is 0 Å². The first-order chi connectivity index (χ1) is 12.7. The van der Waals surface area contributed by atoms with Gasteiger partial charge in [-0.05, 0) is 59.6 Å². The molecule has 136 valence electrons. The van der Waals surface area contributed by atoms with Crippen molar-refractivity contribution in [3.63, 3.8) is 0 Å². The Morgan fingerprint density at radius 1 is 1.35 bits per heavy atom. The first-order valence-corrected chi connectivity index (χ1v) is 10.1. The van der Waals surface area contributed by atoms with Crippen LogP contribution in [0.4, 0.5) is 4.39 Å². The molecule has 2 N–H and O–H groups in total. The lowest BCUT2D eigenvalue weighted by Gasteiger charge is -2.26. The number of rotatable bonds is 4. The molecule has 1 saturated heterocycles. The van der Waals surface area contributed by atoms with Crippen LogP contribution in [0.2, 0.25) is 0 Å². The molecule has 4 rings (SSSR count). The molecule has 2 aromatic heterocycles. The third-order valence-electron chi connectivity index (χ3n) is 4.45. The Morgan fingerprint density at radius 3 is 3.00 bits per heavy atom. The lowest BCUT2D eigenvalue weighted by atomic mass is 10.0. The third-order valence-corrected chi connectivity index (χ3v) is 6.18. The summed E-state index contributed by atoms with van der Waals surface area (Å²) >= 11 is 4.93. The van der Waals surface area contributed by atoms with Crippen molar-refractivity contribution in [2.75, 3.05) is 13.1 Å². The predicted molar refractivity (Wildman–Crippen MR) is 105 cm³/mol. The molecule has 0 unspecified atom stereocenters. The minimum Gasteiger partial charge on any atom is -0.487 e. The highest BCUT2D eigenvalue weighted by Gasteiger charge is 2.21. The monoisotopic (exact) mass is 436 g/mol. The maximum absolute atomic E-state index is 14.2. The van der Waals surface area contributed by atoms with Gasteiger partial charge in [0.1, 0.15) is 17.7 Å². The Balaban J connectivity index is 1.84. The van der Waals surface area contributed by atoms with Gasteiger partial charge < -0.3 is 15.2 Å². The largest absolute Gasteiger partial charge is 0.487 e. The van der Waals surface area contributed by atoms with Gasteiger partial charge >= 0.3 is 0 Å². The van der Waals surface area contributed by atoms with Gasteiger partial charge in [0.15, 0.2) is 0 Å². The minimum atomic E-state index is -0.329. The van der Waals surface area contributed by atoms with Gasteiger partial charge in [0.05, 0.1) is 21.3 Å². The van der Waals surface area contributed by atoms with Gasteiger partial charge in [0.25, 0.3) is 0 Å². The molecule has 7 heteroatoms. The zero-order valence-electron chi connectivity index (χ0n) is 14.0. The Morgan fingerprint density at radius 2 is 2.23 bits per heavy atom.